The van der Waals surface area contributed by atoms with Crippen LogP contribution in [0.25, 0.3) is 0 Å². The molecule has 0 unspecified atom stereocenters. The van der Waals surface area contributed by atoms with E-state index in [-0.39, 0.29) is 0 Å². The smallest absolute Gasteiger partial charge is 0.121 e. The number of hydrogen-bond acceptors (Lipinski definition) is 2. The molecule has 0 aromatic heterocycles. The minimum atomic E-state index is 0.779. The van der Waals surface area contributed by atoms with E-state index in [2.05, 4.69) is 37.1 Å². The summed E-state index contributed by atoms with van der Waals surface area (Å²) in [7, 11) is 3.99. The average Bonchev–Trinajstić information content (AvgIpc) is 2.40. The number of hydrogen-bond donors (Lipinski definition) is 0. The summed E-state index contributed by atoms with van der Waals surface area (Å²) in [6.07, 6.45) is 6.95. The minimum Gasteiger partial charge on any atom is -0.496 e. The fourth-order valence-corrected chi connectivity index (χ4v) is 2.98. The molecule has 2 nitrogen and oxygen atoms in total. The molecule has 1 aromatic rings. The molecule has 2 rings (SSSR count). The highest BCUT2D eigenvalue weighted by Gasteiger charge is 2.17. The second kappa shape index (κ2) is 6.24. The Labute approximate surface area is 111 Å². The van der Waals surface area contributed by atoms with Crippen LogP contribution in [0.2, 0.25) is 0 Å². The van der Waals surface area contributed by atoms with Crippen molar-refractivity contribution < 1.29 is 4.74 Å². The number of methoxy groups -OCH3 is 1. The molecule has 0 spiro atoms. The average molecular weight is 247 g/mol. The summed E-state index contributed by atoms with van der Waals surface area (Å²) in [6, 6.07) is 7.30. The third-order valence-electron chi connectivity index (χ3n) is 4.09. The van der Waals surface area contributed by atoms with E-state index in [9.17, 15) is 0 Å². The van der Waals surface area contributed by atoms with Gasteiger partial charge in [-0.25, -0.2) is 0 Å². The second-order valence-electron chi connectivity index (χ2n) is 5.51. The van der Waals surface area contributed by atoms with E-state index in [1.807, 2.05) is 0 Å². The second-order valence-corrected chi connectivity index (χ2v) is 5.51. The van der Waals surface area contributed by atoms with Gasteiger partial charge in [-0.3, -0.25) is 4.90 Å². The van der Waals surface area contributed by atoms with E-state index in [1.54, 1.807) is 7.11 Å². The van der Waals surface area contributed by atoms with E-state index in [1.165, 1.54) is 43.2 Å². The van der Waals surface area contributed by atoms with Crippen LogP contribution in [-0.4, -0.2) is 25.1 Å². The zero-order chi connectivity index (χ0) is 13.0. The van der Waals surface area contributed by atoms with Crippen LogP contribution in [0.1, 0.15) is 43.2 Å². The summed E-state index contributed by atoms with van der Waals surface area (Å²) >= 11 is 0. The monoisotopic (exact) mass is 247 g/mol. The zero-order valence-electron chi connectivity index (χ0n) is 11.9. The van der Waals surface area contributed by atoms with Crippen molar-refractivity contribution in [2.45, 2.75) is 51.6 Å². The van der Waals surface area contributed by atoms with Crippen LogP contribution >= 0.6 is 0 Å². The van der Waals surface area contributed by atoms with Crippen molar-refractivity contribution in [1.82, 2.24) is 4.90 Å². The molecule has 2 heteroatoms. The van der Waals surface area contributed by atoms with Crippen molar-refractivity contribution in [2.75, 3.05) is 14.2 Å². The van der Waals surface area contributed by atoms with Gasteiger partial charge in [-0.1, -0.05) is 31.4 Å². The molecule has 0 heterocycles. The number of nitrogens with zero attached hydrogens (tertiary/aromatic N) is 1. The Kier molecular flexibility index (Phi) is 4.65. The fourth-order valence-electron chi connectivity index (χ4n) is 2.98. The van der Waals surface area contributed by atoms with Gasteiger partial charge in [0.25, 0.3) is 0 Å². The van der Waals surface area contributed by atoms with E-state index in [0.717, 1.165) is 18.3 Å². The summed E-state index contributed by atoms with van der Waals surface area (Å²) in [5.41, 5.74) is 2.62. The Hall–Kier alpha value is -1.02. The summed E-state index contributed by atoms with van der Waals surface area (Å²) in [4.78, 5) is 2.51. The lowest BCUT2D eigenvalue weighted by Gasteiger charge is -2.31. The van der Waals surface area contributed by atoms with Crippen LogP contribution in [0, 0.1) is 6.92 Å². The lowest BCUT2D eigenvalue weighted by Crippen LogP contribution is -2.32. The predicted octanol–water partition coefficient (Wildman–Crippen LogP) is 3.77. The van der Waals surface area contributed by atoms with Crippen LogP contribution in [0.15, 0.2) is 18.2 Å². The third kappa shape index (κ3) is 3.26. The Balaban J connectivity index is 1.97. The molecule has 0 atom stereocenters. The summed E-state index contributed by atoms with van der Waals surface area (Å²) in [6.45, 7) is 3.17. The van der Waals surface area contributed by atoms with Crippen molar-refractivity contribution >= 4 is 0 Å². The SMILES string of the molecule is COc1ccc(CN(C)C2CCCCC2)cc1C. The molecule has 0 bridgehead atoms. The van der Waals surface area contributed by atoms with Gasteiger partial charge in [-0.15, -0.1) is 0 Å². The first-order chi connectivity index (χ1) is 8.70. The molecular formula is C16H25NO. The van der Waals surface area contributed by atoms with Crippen molar-refractivity contribution in [1.29, 1.82) is 0 Å². The quantitative estimate of drug-likeness (QED) is 0.803. The lowest BCUT2D eigenvalue weighted by atomic mass is 9.94. The normalized spacial score (nSPS) is 17.1. The largest absolute Gasteiger partial charge is 0.496 e. The highest BCUT2D eigenvalue weighted by molar-refractivity contribution is 5.36. The first-order valence-corrected chi connectivity index (χ1v) is 7.04. The third-order valence-corrected chi connectivity index (χ3v) is 4.09. The zero-order valence-corrected chi connectivity index (χ0v) is 11.9. The van der Waals surface area contributed by atoms with Gasteiger partial charge >= 0.3 is 0 Å². The summed E-state index contributed by atoms with van der Waals surface area (Å²) in [5.74, 6) is 0.985. The standard InChI is InChI=1S/C16H25NO/c1-13-11-14(9-10-16(13)18-3)12-17(2)15-7-5-4-6-8-15/h9-11,15H,4-8,12H2,1-3H3. The molecule has 1 saturated carbocycles. The van der Waals surface area contributed by atoms with Gasteiger partial charge in [0.15, 0.2) is 0 Å². The first kappa shape index (κ1) is 13.4. The van der Waals surface area contributed by atoms with Gasteiger partial charge in [-0.2, -0.15) is 0 Å². The van der Waals surface area contributed by atoms with Crippen LogP contribution in [-0.2, 0) is 6.54 Å². The van der Waals surface area contributed by atoms with Gasteiger partial charge in [0, 0.05) is 12.6 Å². The van der Waals surface area contributed by atoms with Gasteiger partial charge < -0.3 is 4.74 Å². The molecule has 0 aliphatic heterocycles. The maximum Gasteiger partial charge on any atom is 0.121 e. The van der Waals surface area contributed by atoms with Gasteiger partial charge in [0.1, 0.15) is 5.75 Å². The summed E-state index contributed by atoms with van der Waals surface area (Å²) < 4.78 is 5.31. The Bertz CT molecular complexity index is 383. The molecule has 1 aliphatic rings. The predicted molar refractivity (Wildman–Crippen MR) is 76.1 cm³/mol. The topological polar surface area (TPSA) is 12.5 Å². The lowest BCUT2D eigenvalue weighted by molar-refractivity contribution is 0.184. The minimum absolute atomic E-state index is 0.779. The first-order valence-electron chi connectivity index (χ1n) is 7.04. The number of ether oxygens (including phenoxy) is 1. The maximum atomic E-state index is 5.31. The van der Waals surface area contributed by atoms with Gasteiger partial charge in [0.05, 0.1) is 7.11 Å². The summed E-state index contributed by atoms with van der Waals surface area (Å²) in [5, 5.41) is 0. The van der Waals surface area contributed by atoms with E-state index in [0.29, 0.717) is 0 Å². The van der Waals surface area contributed by atoms with Gasteiger partial charge in [0.2, 0.25) is 0 Å². The molecule has 18 heavy (non-hydrogen) atoms. The molecule has 0 radical (unpaired) electrons. The molecule has 1 aliphatic carbocycles. The highest BCUT2D eigenvalue weighted by atomic mass is 16.5. The van der Waals surface area contributed by atoms with E-state index >= 15 is 0 Å². The van der Waals surface area contributed by atoms with Crippen LogP contribution in [0.5, 0.6) is 5.75 Å². The molecule has 1 aromatic carbocycles. The molecular weight excluding hydrogens is 222 g/mol. The van der Waals surface area contributed by atoms with Crippen molar-refractivity contribution in [2.24, 2.45) is 0 Å². The van der Waals surface area contributed by atoms with Gasteiger partial charge in [-0.05, 0) is 44.0 Å². The number of rotatable bonds is 4. The molecule has 0 amide bonds. The van der Waals surface area contributed by atoms with Crippen LogP contribution in [0.3, 0.4) is 0 Å². The molecule has 100 valence electrons. The highest BCUT2D eigenvalue weighted by Crippen LogP contribution is 2.24. The fraction of sp³-hybridized carbons (Fsp3) is 0.625. The Morgan fingerprint density at radius 2 is 1.94 bits per heavy atom. The van der Waals surface area contributed by atoms with Crippen molar-refractivity contribution in [3.63, 3.8) is 0 Å². The Morgan fingerprint density at radius 3 is 2.56 bits per heavy atom. The molecule has 0 saturated heterocycles. The number of aryl methyl sites for hydroxylation is 1. The molecule has 0 N–H and O–H groups in total. The van der Waals surface area contributed by atoms with Crippen LogP contribution < -0.4 is 4.74 Å². The number of benzene rings is 1. The van der Waals surface area contributed by atoms with Crippen LogP contribution in [0.4, 0.5) is 0 Å². The molecule has 1 fully saturated rings. The van der Waals surface area contributed by atoms with Crippen molar-refractivity contribution in [3.05, 3.63) is 29.3 Å². The van der Waals surface area contributed by atoms with Crippen molar-refractivity contribution in [3.8, 4) is 5.75 Å². The maximum absolute atomic E-state index is 5.31. The Morgan fingerprint density at radius 1 is 1.22 bits per heavy atom. The van der Waals surface area contributed by atoms with E-state index < -0.39 is 0 Å². The van der Waals surface area contributed by atoms with E-state index in [4.69, 9.17) is 4.74 Å².